The molecule has 144 valence electrons. The van der Waals surface area contributed by atoms with E-state index in [9.17, 15) is 4.79 Å². The molecule has 0 unspecified atom stereocenters. The summed E-state index contributed by atoms with van der Waals surface area (Å²) in [5.74, 6) is -0.399. The molecule has 3 aromatic carbocycles. The van der Waals surface area contributed by atoms with E-state index in [2.05, 4.69) is 0 Å². The van der Waals surface area contributed by atoms with Gasteiger partial charge in [-0.25, -0.2) is 9.78 Å². The summed E-state index contributed by atoms with van der Waals surface area (Å²) in [6.07, 6.45) is 0. The van der Waals surface area contributed by atoms with E-state index in [1.165, 1.54) is 0 Å². The predicted molar refractivity (Wildman–Crippen MR) is 117 cm³/mol. The van der Waals surface area contributed by atoms with Crippen LogP contribution in [0.25, 0.3) is 22.2 Å². The first-order valence-corrected chi connectivity index (χ1v) is 9.85. The molecule has 0 spiro atoms. The van der Waals surface area contributed by atoms with Gasteiger partial charge in [-0.1, -0.05) is 65.7 Å². The molecule has 4 rings (SSSR count). The number of hydrogen-bond donors (Lipinski definition) is 0. The van der Waals surface area contributed by atoms with E-state index < -0.39 is 5.97 Å². The molecule has 5 heteroatoms. The fourth-order valence-corrected chi connectivity index (χ4v) is 3.74. The molecule has 0 N–H and O–H groups in total. The van der Waals surface area contributed by atoms with Crippen molar-refractivity contribution >= 4 is 40.1 Å². The van der Waals surface area contributed by atoms with Crippen LogP contribution >= 0.6 is 23.2 Å². The molecular formula is C24H17Cl2NO2. The van der Waals surface area contributed by atoms with Crippen molar-refractivity contribution < 1.29 is 9.53 Å². The van der Waals surface area contributed by atoms with E-state index in [1.807, 2.05) is 67.6 Å². The van der Waals surface area contributed by atoms with Crippen molar-refractivity contribution in [2.75, 3.05) is 0 Å². The van der Waals surface area contributed by atoms with Crippen molar-refractivity contribution in [3.8, 4) is 11.3 Å². The number of aromatic nitrogens is 1. The van der Waals surface area contributed by atoms with Gasteiger partial charge in [-0.15, -0.1) is 0 Å². The second kappa shape index (κ2) is 8.24. The van der Waals surface area contributed by atoms with Crippen LogP contribution in [0.2, 0.25) is 10.0 Å². The minimum Gasteiger partial charge on any atom is -0.457 e. The maximum atomic E-state index is 13.1. The highest BCUT2D eigenvalue weighted by Crippen LogP contribution is 2.31. The molecule has 0 saturated heterocycles. The van der Waals surface area contributed by atoms with Gasteiger partial charge in [0.25, 0.3) is 0 Å². The Balaban J connectivity index is 1.78. The molecule has 0 atom stereocenters. The van der Waals surface area contributed by atoms with Gasteiger partial charge in [-0.05, 0) is 48.4 Å². The lowest BCUT2D eigenvalue weighted by Crippen LogP contribution is -2.10. The number of carbonyl (C=O) groups excluding carboxylic acids is 1. The standard InChI is InChI=1S/C24H17Cl2NO2/c1-15-22(24(28)29-14-16-6-4-8-18(25)12-16)20-10-2-3-11-21(20)27-23(15)17-7-5-9-19(26)13-17/h2-13H,14H2,1H3. The first kappa shape index (κ1) is 19.4. The maximum Gasteiger partial charge on any atom is 0.339 e. The van der Waals surface area contributed by atoms with Gasteiger partial charge < -0.3 is 4.74 Å². The Bertz CT molecular complexity index is 1220. The highest BCUT2D eigenvalue weighted by atomic mass is 35.5. The third-order valence-corrected chi connectivity index (χ3v) is 5.17. The lowest BCUT2D eigenvalue weighted by molar-refractivity contribution is 0.0474. The number of pyridine rings is 1. The monoisotopic (exact) mass is 421 g/mol. The number of halogens is 2. The Morgan fingerprint density at radius 3 is 2.41 bits per heavy atom. The topological polar surface area (TPSA) is 39.2 Å². The summed E-state index contributed by atoms with van der Waals surface area (Å²) < 4.78 is 5.62. The fraction of sp³-hybridized carbons (Fsp3) is 0.0833. The van der Waals surface area contributed by atoms with E-state index in [4.69, 9.17) is 32.9 Å². The van der Waals surface area contributed by atoms with Crippen LogP contribution in [0.1, 0.15) is 21.5 Å². The van der Waals surface area contributed by atoms with Gasteiger partial charge in [-0.2, -0.15) is 0 Å². The average Bonchev–Trinajstić information content (AvgIpc) is 2.71. The molecule has 0 radical (unpaired) electrons. The first-order valence-electron chi connectivity index (χ1n) is 9.10. The second-order valence-electron chi connectivity index (χ2n) is 6.69. The first-order chi connectivity index (χ1) is 14.0. The number of para-hydroxylation sites is 1. The van der Waals surface area contributed by atoms with Gasteiger partial charge in [0, 0.05) is 21.0 Å². The minimum absolute atomic E-state index is 0.141. The van der Waals surface area contributed by atoms with Crippen LogP contribution in [-0.4, -0.2) is 11.0 Å². The number of hydrogen-bond acceptors (Lipinski definition) is 3. The molecular weight excluding hydrogens is 405 g/mol. The lowest BCUT2D eigenvalue weighted by atomic mass is 9.98. The number of fused-ring (bicyclic) bond motifs is 1. The summed E-state index contributed by atoms with van der Waals surface area (Å²) in [5.41, 5.74) is 4.37. The number of nitrogens with zero attached hydrogens (tertiary/aromatic N) is 1. The van der Waals surface area contributed by atoms with Crippen LogP contribution < -0.4 is 0 Å². The molecule has 1 aromatic heterocycles. The Morgan fingerprint density at radius 1 is 0.931 bits per heavy atom. The van der Waals surface area contributed by atoms with Crippen LogP contribution in [0.5, 0.6) is 0 Å². The highest BCUT2D eigenvalue weighted by Gasteiger charge is 2.20. The number of benzene rings is 3. The summed E-state index contributed by atoms with van der Waals surface area (Å²) in [7, 11) is 0. The lowest BCUT2D eigenvalue weighted by Gasteiger charge is -2.14. The van der Waals surface area contributed by atoms with Gasteiger partial charge in [0.1, 0.15) is 6.61 Å². The second-order valence-corrected chi connectivity index (χ2v) is 7.57. The zero-order chi connectivity index (χ0) is 20.4. The third kappa shape index (κ3) is 4.12. The molecule has 0 saturated carbocycles. The van der Waals surface area contributed by atoms with Gasteiger partial charge in [-0.3, -0.25) is 0 Å². The van der Waals surface area contributed by atoms with Crippen LogP contribution in [0, 0.1) is 6.92 Å². The Kier molecular flexibility index (Phi) is 5.52. The Morgan fingerprint density at radius 2 is 1.66 bits per heavy atom. The average molecular weight is 422 g/mol. The molecule has 0 amide bonds. The number of esters is 1. The van der Waals surface area contributed by atoms with Crippen molar-refractivity contribution in [2.45, 2.75) is 13.5 Å². The normalized spacial score (nSPS) is 10.9. The van der Waals surface area contributed by atoms with Gasteiger partial charge >= 0.3 is 5.97 Å². The highest BCUT2D eigenvalue weighted by molar-refractivity contribution is 6.31. The van der Waals surface area contributed by atoms with Gasteiger partial charge in [0.15, 0.2) is 0 Å². The number of rotatable bonds is 4. The zero-order valence-corrected chi connectivity index (χ0v) is 17.2. The molecule has 1 heterocycles. The number of carbonyl (C=O) groups is 1. The minimum atomic E-state index is -0.399. The van der Waals surface area contributed by atoms with Crippen molar-refractivity contribution in [1.82, 2.24) is 4.98 Å². The molecule has 0 aliphatic heterocycles. The van der Waals surface area contributed by atoms with Crippen LogP contribution in [0.4, 0.5) is 0 Å². The van der Waals surface area contributed by atoms with Crippen molar-refractivity contribution in [2.24, 2.45) is 0 Å². The molecule has 0 aliphatic rings. The smallest absolute Gasteiger partial charge is 0.339 e. The molecule has 0 aliphatic carbocycles. The van der Waals surface area contributed by atoms with Crippen molar-refractivity contribution in [3.63, 3.8) is 0 Å². The van der Waals surface area contributed by atoms with E-state index in [0.717, 1.165) is 27.6 Å². The molecule has 0 bridgehead atoms. The molecule has 29 heavy (non-hydrogen) atoms. The molecule has 3 nitrogen and oxygen atoms in total. The SMILES string of the molecule is Cc1c(-c2cccc(Cl)c2)nc2ccccc2c1C(=O)OCc1cccc(Cl)c1. The van der Waals surface area contributed by atoms with Gasteiger partial charge in [0.05, 0.1) is 16.8 Å². The predicted octanol–water partition coefficient (Wildman–Crippen LogP) is 6.87. The molecule has 4 aromatic rings. The fourth-order valence-electron chi connectivity index (χ4n) is 3.33. The maximum absolute atomic E-state index is 13.1. The summed E-state index contributed by atoms with van der Waals surface area (Å²) in [5, 5.41) is 1.97. The van der Waals surface area contributed by atoms with E-state index in [-0.39, 0.29) is 6.61 Å². The van der Waals surface area contributed by atoms with E-state index >= 15 is 0 Å². The summed E-state index contributed by atoms with van der Waals surface area (Å²) in [6, 6.07) is 22.3. The van der Waals surface area contributed by atoms with E-state index in [0.29, 0.717) is 21.3 Å². The summed E-state index contributed by atoms with van der Waals surface area (Å²) in [4.78, 5) is 17.9. The van der Waals surface area contributed by atoms with Crippen LogP contribution in [0.15, 0.2) is 72.8 Å². The van der Waals surface area contributed by atoms with Gasteiger partial charge in [0.2, 0.25) is 0 Å². The van der Waals surface area contributed by atoms with Crippen LogP contribution in [0.3, 0.4) is 0 Å². The Hall–Kier alpha value is -2.88. The third-order valence-electron chi connectivity index (χ3n) is 4.70. The largest absolute Gasteiger partial charge is 0.457 e. The van der Waals surface area contributed by atoms with Crippen molar-refractivity contribution in [1.29, 1.82) is 0 Å². The summed E-state index contributed by atoms with van der Waals surface area (Å²) in [6.45, 7) is 2.02. The van der Waals surface area contributed by atoms with Crippen molar-refractivity contribution in [3.05, 3.63) is 99.5 Å². The quantitative estimate of drug-likeness (QED) is 0.337. The summed E-state index contributed by atoms with van der Waals surface area (Å²) >= 11 is 12.2. The van der Waals surface area contributed by atoms with Crippen LogP contribution in [-0.2, 0) is 11.3 Å². The Labute approximate surface area is 178 Å². The number of ether oxygens (including phenoxy) is 1. The van der Waals surface area contributed by atoms with E-state index in [1.54, 1.807) is 12.1 Å². The molecule has 0 fully saturated rings. The zero-order valence-electron chi connectivity index (χ0n) is 15.7.